The second-order valence-electron chi connectivity index (χ2n) is 17.1. The van der Waals surface area contributed by atoms with Gasteiger partial charge in [-0.15, -0.1) is 0 Å². The number of carbonyl (C=O) groups excluding carboxylic acids is 2. The smallest absolute Gasteiger partial charge is 0.150 e. The first-order chi connectivity index (χ1) is 24.6. The molecule has 0 bridgehead atoms. The maximum absolute atomic E-state index is 13.7. The highest BCUT2D eigenvalue weighted by Crippen LogP contribution is 2.42. The van der Waals surface area contributed by atoms with Crippen LogP contribution in [-0.4, -0.2) is 95.4 Å². The molecule has 3 aliphatic carbocycles. The van der Waals surface area contributed by atoms with Gasteiger partial charge in [0.1, 0.15) is 17.5 Å². The normalized spacial score (nSPS) is 37.8. The van der Waals surface area contributed by atoms with Crippen molar-refractivity contribution in [3.05, 3.63) is 0 Å². The summed E-state index contributed by atoms with van der Waals surface area (Å²) in [5.41, 5.74) is 6.10. The Labute approximate surface area is 306 Å². The first-order valence-electron chi connectivity index (χ1n) is 20.6. The fourth-order valence-corrected chi connectivity index (χ4v) is 10.5. The fourth-order valence-electron chi connectivity index (χ4n) is 10.5. The summed E-state index contributed by atoms with van der Waals surface area (Å²) in [4.78, 5) is 25.7. The molecule has 5 aliphatic rings. The Morgan fingerprint density at radius 1 is 0.902 bits per heavy atom. The highest BCUT2D eigenvalue weighted by Gasteiger charge is 2.42. The monoisotopic (exact) mass is 716 g/mol. The van der Waals surface area contributed by atoms with Crippen molar-refractivity contribution < 1.29 is 34.8 Å². The molecule has 0 amide bonds. The number of aliphatic hydroxyl groups excluding tert-OH is 4. The summed E-state index contributed by atoms with van der Waals surface area (Å²) < 4.78 is 5.64. The van der Waals surface area contributed by atoms with E-state index in [1.807, 2.05) is 0 Å². The summed E-state index contributed by atoms with van der Waals surface area (Å²) in [5.74, 6) is 8.55. The van der Waals surface area contributed by atoms with Crippen molar-refractivity contribution in [1.82, 2.24) is 10.6 Å². The van der Waals surface area contributed by atoms with Crippen molar-refractivity contribution in [3.63, 3.8) is 0 Å². The molecule has 0 aromatic rings. The van der Waals surface area contributed by atoms with Crippen LogP contribution in [0.4, 0.5) is 0 Å². The van der Waals surface area contributed by atoms with E-state index in [2.05, 4.69) is 22.5 Å². The Morgan fingerprint density at radius 3 is 2.47 bits per heavy atom. The number of aliphatic hydroxyl groups is 4. The van der Waals surface area contributed by atoms with Gasteiger partial charge in [0.25, 0.3) is 0 Å². The number of nitrogens with one attached hydrogen (secondary N) is 2. The number of hydrogen-bond donors (Lipinski definition) is 7. The zero-order valence-corrected chi connectivity index (χ0v) is 31.2. The van der Waals surface area contributed by atoms with Gasteiger partial charge in [-0.2, -0.15) is 0 Å². The van der Waals surface area contributed by atoms with Gasteiger partial charge >= 0.3 is 0 Å². The lowest BCUT2D eigenvalue weighted by atomic mass is 9.68. The molecule has 0 aromatic heterocycles. The zero-order chi connectivity index (χ0) is 36.3. The van der Waals surface area contributed by atoms with Crippen LogP contribution in [0.1, 0.15) is 122 Å². The van der Waals surface area contributed by atoms with Gasteiger partial charge in [-0.1, -0.05) is 24.7 Å². The van der Waals surface area contributed by atoms with E-state index in [0.717, 1.165) is 77.3 Å². The lowest BCUT2D eigenvalue weighted by Gasteiger charge is -2.42. The Balaban J connectivity index is 1.20. The average Bonchev–Trinajstić information content (AvgIpc) is 3.18. The van der Waals surface area contributed by atoms with Gasteiger partial charge in [0, 0.05) is 44.9 Å². The van der Waals surface area contributed by atoms with E-state index in [1.54, 1.807) is 7.11 Å². The van der Waals surface area contributed by atoms with Crippen molar-refractivity contribution >= 4 is 11.6 Å². The third-order valence-corrected chi connectivity index (χ3v) is 13.6. The van der Waals surface area contributed by atoms with Crippen molar-refractivity contribution in [2.75, 3.05) is 26.8 Å². The van der Waals surface area contributed by atoms with E-state index in [-0.39, 0.29) is 42.4 Å². The molecule has 10 nitrogen and oxygen atoms in total. The van der Waals surface area contributed by atoms with Gasteiger partial charge in [-0.3, -0.25) is 9.59 Å². The van der Waals surface area contributed by atoms with Gasteiger partial charge in [-0.25, -0.2) is 0 Å². The van der Waals surface area contributed by atoms with Crippen molar-refractivity contribution in [2.24, 2.45) is 53.1 Å². The Bertz CT molecular complexity index is 1160. The van der Waals surface area contributed by atoms with Crippen LogP contribution in [-0.2, 0) is 14.3 Å². The molecule has 0 radical (unpaired) electrons. The topological polar surface area (TPSA) is 174 Å². The third-order valence-electron chi connectivity index (χ3n) is 13.6. The quantitative estimate of drug-likeness (QED) is 0.117. The number of hydrogen-bond acceptors (Lipinski definition) is 10. The van der Waals surface area contributed by atoms with Crippen LogP contribution in [0, 0.1) is 59.2 Å². The van der Waals surface area contributed by atoms with Crippen LogP contribution in [0.2, 0.25) is 0 Å². The second kappa shape index (κ2) is 20.3. The van der Waals surface area contributed by atoms with Crippen LogP contribution < -0.4 is 16.4 Å². The number of rotatable bonds is 16. The van der Waals surface area contributed by atoms with Crippen LogP contribution in [0.5, 0.6) is 0 Å². The lowest BCUT2D eigenvalue weighted by Crippen LogP contribution is -2.50. The Kier molecular flexibility index (Phi) is 16.2. The van der Waals surface area contributed by atoms with Gasteiger partial charge in [0.15, 0.2) is 0 Å². The molecule has 10 heteroatoms. The van der Waals surface area contributed by atoms with Crippen molar-refractivity contribution in [2.45, 2.75) is 159 Å². The number of carbonyl (C=O) groups is 2. The number of nitrogens with two attached hydrogens (primary N) is 1. The minimum atomic E-state index is -0.846. The number of ketones is 2. The minimum absolute atomic E-state index is 0.000835. The van der Waals surface area contributed by atoms with E-state index in [4.69, 9.17) is 10.5 Å². The minimum Gasteiger partial charge on any atom is -0.396 e. The predicted molar refractivity (Wildman–Crippen MR) is 197 cm³/mol. The molecule has 2 aliphatic heterocycles. The molecular formula is C41H69N3O7. The standard InChI is InChI=1S/C41H69N3O7/c1-51-40-22-29-11-16-38(49)34(15-10-28(35(29)24-39(40)50)8-13-32(46)12-7-26-17-18-43-41(42)20-26)37(48)6-2-4-27(5-3-19-45)31-21-30-9-14-33(47)23-36(30)44-25-31/h26-32,34-37,39-41,43-46,48,50H,2-9,11-14,16-25,42H2,1H3/t26?,27-,28-,29?,30+,31-,32-,34-,35?,36-,37-,39?,40?,41?/m1/s1. The third kappa shape index (κ3) is 11.8. The molecule has 0 aromatic carbocycles. The summed E-state index contributed by atoms with van der Waals surface area (Å²) in [7, 11) is 1.64. The van der Waals surface area contributed by atoms with E-state index in [0.29, 0.717) is 93.3 Å². The lowest BCUT2D eigenvalue weighted by molar-refractivity contribution is -0.125. The predicted octanol–water partition coefficient (Wildman–Crippen LogP) is 3.46. The molecule has 2 heterocycles. The highest BCUT2D eigenvalue weighted by molar-refractivity contribution is 5.84. The van der Waals surface area contributed by atoms with E-state index >= 15 is 0 Å². The first kappa shape index (κ1) is 40.8. The molecule has 6 unspecified atom stereocenters. The molecule has 4 fully saturated rings. The molecule has 2 saturated carbocycles. The van der Waals surface area contributed by atoms with Crippen LogP contribution >= 0.6 is 0 Å². The first-order valence-corrected chi connectivity index (χ1v) is 20.6. The van der Waals surface area contributed by atoms with E-state index < -0.39 is 24.2 Å². The van der Waals surface area contributed by atoms with Gasteiger partial charge in [-0.05, 0) is 138 Å². The van der Waals surface area contributed by atoms with Crippen molar-refractivity contribution in [3.8, 4) is 11.8 Å². The molecule has 2 saturated heterocycles. The molecular weight excluding hydrogens is 646 g/mol. The van der Waals surface area contributed by atoms with E-state index in [9.17, 15) is 30.0 Å². The number of ether oxygens (including phenoxy) is 1. The molecule has 14 atom stereocenters. The second-order valence-corrected chi connectivity index (χ2v) is 17.1. The summed E-state index contributed by atoms with van der Waals surface area (Å²) in [6.07, 6.45) is 12.5. The zero-order valence-electron chi connectivity index (χ0n) is 31.2. The summed E-state index contributed by atoms with van der Waals surface area (Å²) in [6, 6.07) is 0.300. The Morgan fingerprint density at radius 2 is 1.69 bits per heavy atom. The van der Waals surface area contributed by atoms with Crippen LogP contribution in [0.3, 0.4) is 0 Å². The van der Waals surface area contributed by atoms with E-state index in [1.165, 1.54) is 0 Å². The number of methoxy groups -OCH3 is 1. The molecule has 290 valence electrons. The maximum atomic E-state index is 13.7. The average molecular weight is 716 g/mol. The number of piperidine rings is 2. The molecule has 8 N–H and O–H groups in total. The van der Waals surface area contributed by atoms with Gasteiger partial charge in [0.05, 0.1) is 30.6 Å². The van der Waals surface area contributed by atoms with Crippen LogP contribution in [0.25, 0.3) is 0 Å². The summed E-state index contributed by atoms with van der Waals surface area (Å²) in [6.45, 7) is 1.98. The van der Waals surface area contributed by atoms with Crippen molar-refractivity contribution in [1.29, 1.82) is 0 Å². The number of Topliss-reactive ketones (excluding diaryl/α,β-unsaturated/α-hetero) is 2. The maximum Gasteiger partial charge on any atom is 0.150 e. The van der Waals surface area contributed by atoms with Crippen LogP contribution in [0.15, 0.2) is 0 Å². The fraction of sp³-hybridized carbons (Fsp3) is 0.902. The highest BCUT2D eigenvalue weighted by atomic mass is 16.5. The van der Waals surface area contributed by atoms with Gasteiger partial charge in [0.2, 0.25) is 0 Å². The number of fused-ring (bicyclic) bond motifs is 2. The summed E-state index contributed by atoms with van der Waals surface area (Å²) >= 11 is 0. The summed E-state index contributed by atoms with van der Waals surface area (Å²) in [5, 5.41) is 50.1. The van der Waals surface area contributed by atoms with Gasteiger partial charge < -0.3 is 41.5 Å². The molecule has 51 heavy (non-hydrogen) atoms. The molecule has 5 rings (SSSR count). The molecule has 0 spiro atoms. The largest absolute Gasteiger partial charge is 0.396 e. The Hall–Kier alpha value is -1.42. The SMILES string of the molecule is COC1CC2CCC(=O)[C@@H]([C@H](O)CCC[C@H](CCCO)[C@H]3CN[C@@H]4CC(=O)CC[C@H]4C3)C#C[C@@H](CC[C@H](O)CCC3CCNC(N)C3)C2CC1O.